The van der Waals surface area contributed by atoms with Gasteiger partial charge in [0.15, 0.2) is 0 Å². The number of nitrogens with zero attached hydrogens (tertiary/aromatic N) is 1. The van der Waals surface area contributed by atoms with Crippen molar-refractivity contribution in [3.63, 3.8) is 0 Å². The van der Waals surface area contributed by atoms with Crippen LogP contribution in [0.15, 0.2) is 23.8 Å². The molecule has 1 N–H and O–H groups in total. The van der Waals surface area contributed by atoms with Crippen LogP contribution in [0.25, 0.3) is 6.08 Å². The van der Waals surface area contributed by atoms with Crippen LogP contribution in [0.5, 0.6) is 5.75 Å². The number of nitrogens with one attached hydrogen (secondary N) is 1. The lowest BCUT2D eigenvalue weighted by Gasteiger charge is -2.08. The molecule has 0 aliphatic rings. The minimum atomic E-state index is 0.577. The van der Waals surface area contributed by atoms with Crippen molar-refractivity contribution in [1.82, 2.24) is 5.32 Å². The first kappa shape index (κ1) is 15.3. The summed E-state index contributed by atoms with van der Waals surface area (Å²) < 4.78 is 5.15. The topological polar surface area (TPSA) is 45.0 Å². The number of hydrogen-bond acceptors (Lipinski definition) is 3. The first-order valence-corrected chi connectivity index (χ1v) is 6.73. The van der Waals surface area contributed by atoms with E-state index in [1.165, 1.54) is 5.57 Å². The molecule has 1 aromatic carbocycles. The van der Waals surface area contributed by atoms with Gasteiger partial charge in [0, 0.05) is 6.54 Å². The zero-order chi connectivity index (χ0) is 14.1. The smallest absolute Gasteiger partial charge is 0.136 e. The summed E-state index contributed by atoms with van der Waals surface area (Å²) in [4.78, 5) is 0. The predicted octanol–water partition coefficient (Wildman–Crippen LogP) is 3.36. The van der Waals surface area contributed by atoms with Crippen LogP contribution in [0.3, 0.4) is 0 Å². The quantitative estimate of drug-likeness (QED) is 0.763. The van der Waals surface area contributed by atoms with Crippen molar-refractivity contribution in [1.29, 1.82) is 5.26 Å². The second kappa shape index (κ2) is 8.34. The lowest BCUT2D eigenvalue weighted by atomic mass is 10.1. The van der Waals surface area contributed by atoms with Gasteiger partial charge >= 0.3 is 0 Å². The van der Waals surface area contributed by atoms with Crippen LogP contribution < -0.4 is 10.1 Å². The predicted molar refractivity (Wildman–Crippen MR) is 79.1 cm³/mol. The van der Waals surface area contributed by atoms with Crippen molar-refractivity contribution < 1.29 is 4.74 Å². The molecule has 0 unspecified atom stereocenters. The fourth-order valence-corrected chi connectivity index (χ4v) is 1.84. The highest BCUT2D eigenvalue weighted by molar-refractivity contribution is 5.58. The Balaban J connectivity index is 2.86. The van der Waals surface area contributed by atoms with Crippen LogP contribution in [0, 0.1) is 11.3 Å². The molecule has 0 atom stereocenters. The molecule has 3 heteroatoms. The summed E-state index contributed by atoms with van der Waals surface area (Å²) in [5, 5.41) is 12.5. The van der Waals surface area contributed by atoms with Gasteiger partial charge in [0.1, 0.15) is 11.8 Å². The Morgan fingerprint density at radius 2 is 2.21 bits per heavy atom. The lowest BCUT2D eigenvalue weighted by Crippen LogP contribution is -2.17. The van der Waals surface area contributed by atoms with E-state index in [1.54, 1.807) is 7.11 Å². The Bertz CT molecular complexity index is 472. The standard InChI is InChI=1S/C16H22N2O/c1-4-8-18-12-13(5-2)9-14-6-7-16(19-3)15(10-14)11-17/h6-7,9-10,18H,4-5,8,12H2,1-3H3. The molecule has 1 aromatic rings. The van der Waals surface area contributed by atoms with Crippen molar-refractivity contribution in [2.75, 3.05) is 20.2 Å². The highest BCUT2D eigenvalue weighted by atomic mass is 16.5. The zero-order valence-corrected chi connectivity index (χ0v) is 12.0. The number of benzene rings is 1. The van der Waals surface area contributed by atoms with E-state index >= 15 is 0 Å². The van der Waals surface area contributed by atoms with Gasteiger partial charge in [0.25, 0.3) is 0 Å². The van der Waals surface area contributed by atoms with Crippen LogP contribution in [-0.2, 0) is 0 Å². The Hall–Kier alpha value is -1.79. The Morgan fingerprint density at radius 1 is 1.42 bits per heavy atom. The third kappa shape index (κ3) is 4.76. The molecule has 0 aliphatic heterocycles. The SMILES string of the molecule is CCCNCC(=Cc1ccc(OC)c(C#N)c1)CC. The van der Waals surface area contributed by atoms with E-state index < -0.39 is 0 Å². The summed E-state index contributed by atoms with van der Waals surface area (Å²) in [6.45, 7) is 6.24. The number of hydrogen-bond donors (Lipinski definition) is 1. The van der Waals surface area contributed by atoms with Crippen LogP contribution in [0.1, 0.15) is 37.8 Å². The second-order valence-corrected chi connectivity index (χ2v) is 4.40. The lowest BCUT2D eigenvalue weighted by molar-refractivity contribution is 0.413. The molecule has 0 aliphatic carbocycles. The van der Waals surface area contributed by atoms with Gasteiger partial charge in [-0.25, -0.2) is 0 Å². The van der Waals surface area contributed by atoms with Crippen LogP contribution in [0.2, 0.25) is 0 Å². The minimum Gasteiger partial charge on any atom is -0.495 e. The maximum absolute atomic E-state index is 9.08. The highest BCUT2D eigenvalue weighted by Crippen LogP contribution is 2.20. The third-order valence-corrected chi connectivity index (χ3v) is 2.95. The molecule has 0 bridgehead atoms. The molecule has 0 amide bonds. The molecular weight excluding hydrogens is 236 g/mol. The molecule has 0 fully saturated rings. The molecule has 19 heavy (non-hydrogen) atoms. The molecule has 3 nitrogen and oxygen atoms in total. The molecule has 0 saturated heterocycles. The molecule has 0 spiro atoms. The van der Waals surface area contributed by atoms with Gasteiger partial charge in [-0.1, -0.05) is 31.6 Å². The summed E-state index contributed by atoms with van der Waals surface area (Å²) in [5.41, 5.74) is 2.96. The van der Waals surface area contributed by atoms with Gasteiger partial charge in [-0.15, -0.1) is 0 Å². The average Bonchev–Trinajstić information content (AvgIpc) is 2.46. The van der Waals surface area contributed by atoms with Gasteiger partial charge in [-0.2, -0.15) is 5.26 Å². The van der Waals surface area contributed by atoms with E-state index in [1.807, 2.05) is 18.2 Å². The summed E-state index contributed by atoms with van der Waals surface area (Å²) in [6, 6.07) is 7.86. The largest absolute Gasteiger partial charge is 0.495 e. The van der Waals surface area contributed by atoms with Gasteiger partial charge in [0.2, 0.25) is 0 Å². The van der Waals surface area contributed by atoms with Gasteiger partial charge in [0.05, 0.1) is 12.7 Å². The van der Waals surface area contributed by atoms with Crippen LogP contribution in [-0.4, -0.2) is 20.2 Å². The Morgan fingerprint density at radius 3 is 2.79 bits per heavy atom. The van der Waals surface area contributed by atoms with Gasteiger partial charge in [-0.05, 0) is 37.1 Å². The van der Waals surface area contributed by atoms with Crippen molar-refractivity contribution in [2.24, 2.45) is 0 Å². The van der Waals surface area contributed by atoms with Gasteiger partial charge < -0.3 is 10.1 Å². The number of ether oxygens (including phenoxy) is 1. The van der Waals surface area contributed by atoms with E-state index in [9.17, 15) is 0 Å². The highest BCUT2D eigenvalue weighted by Gasteiger charge is 2.03. The van der Waals surface area contributed by atoms with Crippen molar-refractivity contribution in [2.45, 2.75) is 26.7 Å². The van der Waals surface area contributed by atoms with E-state index in [0.717, 1.165) is 31.5 Å². The molecule has 0 aromatic heterocycles. The van der Waals surface area contributed by atoms with Crippen molar-refractivity contribution in [3.05, 3.63) is 34.9 Å². The number of methoxy groups -OCH3 is 1. The van der Waals surface area contributed by atoms with E-state index in [-0.39, 0.29) is 0 Å². The Labute approximate surface area is 115 Å². The maximum atomic E-state index is 9.08. The van der Waals surface area contributed by atoms with Crippen molar-refractivity contribution >= 4 is 6.08 Å². The van der Waals surface area contributed by atoms with E-state index in [2.05, 4.69) is 31.3 Å². The first-order valence-electron chi connectivity index (χ1n) is 6.73. The number of nitriles is 1. The minimum absolute atomic E-state index is 0.577. The molecule has 1 rings (SSSR count). The maximum Gasteiger partial charge on any atom is 0.136 e. The van der Waals surface area contributed by atoms with E-state index in [4.69, 9.17) is 10.00 Å². The van der Waals surface area contributed by atoms with Gasteiger partial charge in [-0.3, -0.25) is 0 Å². The summed E-state index contributed by atoms with van der Waals surface area (Å²) in [5.74, 6) is 0.627. The van der Waals surface area contributed by atoms with Crippen LogP contribution in [0.4, 0.5) is 0 Å². The molecule has 102 valence electrons. The normalized spacial score (nSPS) is 11.2. The molecule has 0 radical (unpaired) electrons. The molecule has 0 saturated carbocycles. The second-order valence-electron chi connectivity index (χ2n) is 4.40. The number of rotatable bonds is 7. The Kier molecular flexibility index (Phi) is 6.70. The molecular formula is C16H22N2O. The summed E-state index contributed by atoms with van der Waals surface area (Å²) >= 11 is 0. The summed E-state index contributed by atoms with van der Waals surface area (Å²) in [6.07, 6.45) is 4.28. The summed E-state index contributed by atoms with van der Waals surface area (Å²) in [7, 11) is 1.58. The fourth-order valence-electron chi connectivity index (χ4n) is 1.84. The van der Waals surface area contributed by atoms with Crippen molar-refractivity contribution in [3.8, 4) is 11.8 Å². The third-order valence-electron chi connectivity index (χ3n) is 2.95. The first-order chi connectivity index (χ1) is 9.24. The van der Waals surface area contributed by atoms with Crippen LogP contribution >= 0.6 is 0 Å². The average molecular weight is 258 g/mol. The molecule has 0 heterocycles. The van der Waals surface area contributed by atoms with E-state index in [0.29, 0.717) is 11.3 Å². The monoisotopic (exact) mass is 258 g/mol. The fraction of sp³-hybridized carbons (Fsp3) is 0.438. The zero-order valence-electron chi connectivity index (χ0n) is 12.0.